The highest BCUT2D eigenvalue weighted by molar-refractivity contribution is 5.87. The van der Waals surface area contributed by atoms with Gasteiger partial charge in [0.05, 0.1) is 11.2 Å². The van der Waals surface area contributed by atoms with Crippen molar-refractivity contribution in [2.45, 2.75) is 89.8 Å². The Bertz CT molecular complexity index is 541. The summed E-state index contributed by atoms with van der Waals surface area (Å²) in [5.41, 5.74) is -1.64. The minimum atomic E-state index is -0.730. The van der Waals surface area contributed by atoms with E-state index in [1.165, 1.54) is 0 Å². The predicted molar refractivity (Wildman–Crippen MR) is 88.8 cm³/mol. The van der Waals surface area contributed by atoms with Crippen LogP contribution in [0.15, 0.2) is 0 Å². The van der Waals surface area contributed by atoms with Crippen LogP contribution in [0.1, 0.15) is 78.6 Å². The first-order chi connectivity index (χ1) is 10.6. The lowest BCUT2D eigenvalue weighted by atomic mass is 9.43. The summed E-state index contributed by atoms with van der Waals surface area (Å²) in [6.45, 7) is 6.36. The van der Waals surface area contributed by atoms with E-state index in [0.29, 0.717) is 30.0 Å². The second-order valence-corrected chi connectivity index (χ2v) is 9.96. The van der Waals surface area contributed by atoms with Gasteiger partial charge in [0.1, 0.15) is 5.78 Å². The SMILES string of the molecule is C[C@@]1(O)CC[C@]2(C)[C@H]3CC[C@]4(C)C(=O)CC[C@H]4[C@@H]3CC[C@@]2(O)C1. The van der Waals surface area contributed by atoms with E-state index in [0.717, 1.165) is 51.4 Å². The summed E-state index contributed by atoms with van der Waals surface area (Å²) in [7, 11) is 0. The molecule has 0 saturated heterocycles. The van der Waals surface area contributed by atoms with Gasteiger partial charge in [-0.1, -0.05) is 13.8 Å². The molecule has 2 N–H and O–H groups in total. The zero-order chi connectivity index (χ0) is 16.7. The minimum Gasteiger partial charge on any atom is -0.390 e. The molecule has 23 heavy (non-hydrogen) atoms. The van der Waals surface area contributed by atoms with Gasteiger partial charge in [0.2, 0.25) is 0 Å². The number of rotatable bonds is 0. The lowest BCUT2D eigenvalue weighted by Gasteiger charge is -2.64. The lowest BCUT2D eigenvalue weighted by Crippen LogP contribution is -2.64. The Morgan fingerprint density at radius 3 is 2.39 bits per heavy atom. The van der Waals surface area contributed by atoms with Gasteiger partial charge in [-0.15, -0.1) is 0 Å². The van der Waals surface area contributed by atoms with E-state index in [-0.39, 0.29) is 10.8 Å². The first-order valence-electron chi connectivity index (χ1n) is 9.59. The quantitative estimate of drug-likeness (QED) is 0.718. The van der Waals surface area contributed by atoms with Crippen LogP contribution in [0.2, 0.25) is 0 Å². The molecule has 0 aliphatic heterocycles. The molecule has 0 aromatic rings. The van der Waals surface area contributed by atoms with Crippen LogP contribution in [0.5, 0.6) is 0 Å². The summed E-state index contributed by atoms with van der Waals surface area (Å²) >= 11 is 0. The van der Waals surface area contributed by atoms with Crippen LogP contribution in [0.4, 0.5) is 0 Å². The van der Waals surface area contributed by atoms with Gasteiger partial charge in [-0.25, -0.2) is 0 Å². The highest BCUT2D eigenvalue weighted by Gasteiger charge is 2.65. The summed E-state index contributed by atoms with van der Waals surface area (Å²) in [5, 5.41) is 22.0. The third kappa shape index (κ3) is 1.99. The Hall–Kier alpha value is -0.410. The lowest BCUT2D eigenvalue weighted by molar-refractivity contribution is -0.233. The molecular weight excluding hydrogens is 288 g/mol. The van der Waals surface area contributed by atoms with Crippen LogP contribution in [0, 0.1) is 28.6 Å². The summed E-state index contributed by atoms with van der Waals surface area (Å²) in [5.74, 6) is 2.12. The van der Waals surface area contributed by atoms with Crippen molar-refractivity contribution in [3.8, 4) is 0 Å². The zero-order valence-corrected chi connectivity index (χ0v) is 14.9. The number of fused-ring (bicyclic) bond motifs is 5. The normalized spacial score (nSPS) is 59.2. The molecule has 0 bridgehead atoms. The minimum absolute atomic E-state index is 0.0901. The molecular formula is C20H32O3. The molecule has 3 heteroatoms. The molecule has 0 unspecified atom stereocenters. The van der Waals surface area contributed by atoms with Crippen molar-refractivity contribution in [1.29, 1.82) is 0 Å². The van der Waals surface area contributed by atoms with Crippen molar-refractivity contribution in [1.82, 2.24) is 0 Å². The summed E-state index contributed by atoms with van der Waals surface area (Å²) in [4.78, 5) is 12.4. The van der Waals surface area contributed by atoms with Gasteiger partial charge in [-0.3, -0.25) is 4.79 Å². The molecule has 0 heterocycles. The predicted octanol–water partition coefficient (Wildman–Crippen LogP) is 3.46. The second-order valence-electron chi connectivity index (χ2n) is 9.96. The summed E-state index contributed by atoms with van der Waals surface area (Å²) in [6.07, 6.45) is 7.93. The maximum atomic E-state index is 12.4. The summed E-state index contributed by atoms with van der Waals surface area (Å²) < 4.78 is 0. The van der Waals surface area contributed by atoms with Crippen molar-refractivity contribution < 1.29 is 15.0 Å². The number of ketones is 1. The van der Waals surface area contributed by atoms with E-state index in [2.05, 4.69) is 13.8 Å². The van der Waals surface area contributed by atoms with Gasteiger partial charge in [0, 0.05) is 18.3 Å². The van der Waals surface area contributed by atoms with E-state index < -0.39 is 11.2 Å². The molecule has 3 nitrogen and oxygen atoms in total. The van der Waals surface area contributed by atoms with Crippen LogP contribution < -0.4 is 0 Å². The van der Waals surface area contributed by atoms with Crippen molar-refractivity contribution >= 4 is 5.78 Å². The molecule has 0 aromatic carbocycles. The third-order valence-corrected chi connectivity index (χ3v) is 8.78. The van der Waals surface area contributed by atoms with Crippen molar-refractivity contribution in [3.05, 3.63) is 0 Å². The Kier molecular flexibility index (Phi) is 3.22. The molecule has 0 amide bonds. The standard InChI is InChI=1S/C20H32O3/c1-17(22)10-11-19(3)15-7-8-18(2)14(4-5-16(18)21)13(15)6-9-20(19,23)12-17/h13-15,22-23H,4-12H2,1-3H3/t13-,14-,15-,17+,18-,19+,20+/m0/s1. The Morgan fingerprint density at radius 1 is 0.913 bits per heavy atom. The van der Waals surface area contributed by atoms with Crippen LogP contribution in [0.25, 0.3) is 0 Å². The van der Waals surface area contributed by atoms with Gasteiger partial charge in [0.25, 0.3) is 0 Å². The molecule has 7 atom stereocenters. The third-order valence-electron chi connectivity index (χ3n) is 8.78. The molecule has 4 aliphatic carbocycles. The van der Waals surface area contributed by atoms with Crippen molar-refractivity contribution in [3.63, 3.8) is 0 Å². The number of hydrogen-bond acceptors (Lipinski definition) is 3. The monoisotopic (exact) mass is 320 g/mol. The highest BCUT2D eigenvalue weighted by atomic mass is 16.3. The fourth-order valence-electron chi connectivity index (χ4n) is 7.24. The second kappa shape index (κ2) is 4.60. The van der Waals surface area contributed by atoms with E-state index in [4.69, 9.17) is 0 Å². The molecule has 0 radical (unpaired) electrons. The fraction of sp³-hybridized carbons (Fsp3) is 0.950. The largest absolute Gasteiger partial charge is 0.390 e. The van der Waals surface area contributed by atoms with Crippen LogP contribution >= 0.6 is 0 Å². The van der Waals surface area contributed by atoms with Gasteiger partial charge >= 0.3 is 0 Å². The number of carbonyl (C=O) groups excluding carboxylic acids is 1. The molecule has 4 rings (SSSR count). The van der Waals surface area contributed by atoms with Gasteiger partial charge < -0.3 is 10.2 Å². The smallest absolute Gasteiger partial charge is 0.139 e. The molecule has 0 spiro atoms. The Labute approximate surface area is 139 Å². The molecule has 4 fully saturated rings. The highest BCUT2D eigenvalue weighted by Crippen LogP contribution is 2.67. The summed E-state index contributed by atoms with van der Waals surface area (Å²) in [6, 6.07) is 0. The topological polar surface area (TPSA) is 57.5 Å². The molecule has 130 valence electrons. The Balaban J connectivity index is 1.68. The van der Waals surface area contributed by atoms with E-state index in [1.807, 2.05) is 6.92 Å². The van der Waals surface area contributed by atoms with Crippen molar-refractivity contribution in [2.24, 2.45) is 28.6 Å². The maximum absolute atomic E-state index is 12.4. The van der Waals surface area contributed by atoms with Crippen molar-refractivity contribution in [2.75, 3.05) is 0 Å². The number of aliphatic hydroxyl groups is 2. The number of Topliss-reactive ketones (excluding diaryl/α,β-unsaturated/α-hetero) is 1. The fourth-order valence-corrected chi connectivity index (χ4v) is 7.24. The molecule has 4 aliphatic rings. The van der Waals surface area contributed by atoms with Gasteiger partial charge in [-0.05, 0) is 75.0 Å². The van der Waals surface area contributed by atoms with Gasteiger partial charge in [0.15, 0.2) is 0 Å². The first-order valence-corrected chi connectivity index (χ1v) is 9.59. The van der Waals surface area contributed by atoms with Gasteiger partial charge in [-0.2, -0.15) is 0 Å². The average Bonchev–Trinajstić information content (AvgIpc) is 2.76. The maximum Gasteiger partial charge on any atom is 0.139 e. The van der Waals surface area contributed by atoms with E-state index in [1.54, 1.807) is 0 Å². The average molecular weight is 320 g/mol. The van der Waals surface area contributed by atoms with Crippen LogP contribution in [0.3, 0.4) is 0 Å². The molecule has 0 aromatic heterocycles. The zero-order valence-electron chi connectivity index (χ0n) is 14.9. The Morgan fingerprint density at radius 2 is 1.65 bits per heavy atom. The number of carbonyl (C=O) groups is 1. The molecule has 4 saturated carbocycles. The van der Waals surface area contributed by atoms with Crippen LogP contribution in [-0.2, 0) is 4.79 Å². The van der Waals surface area contributed by atoms with E-state index in [9.17, 15) is 15.0 Å². The number of hydrogen-bond donors (Lipinski definition) is 2. The van der Waals surface area contributed by atoms with Crippen LogP contribution in [-0.4, -0.2) is 27.2 Å². The first kappa shape index (κ1) is 16.1. The van der Waals surface area contributed by atoms with E-state index >= 15 is 0 Å².